The van der Waals surface area contributed by atoms with Crippen LogP contribution in [0.2, 0.25) is 0 Å². The lowest BCUT2D eigenvalue weighted by Crippen LogP contribution is -2.46. The first-order valence-electron chi connectivity index (χ1n) is 11.0. The number of hydrogen-bond donors (Lipinski definition) is 0. The third-order valence-electron chi connectivity index (χ3n) is 5.67. The quantitative estimate of drug-likeness (QED) is 0.672. The topological polar surface area (TPSA) is 48.9 Å². The standard InChI is InChI=1S/C23H32N4O2S/c1-18(2)29-21-8-4-3-7-20(21)26-13-11-25(12-14-26)17-22-24-15-19(30-22)16-27-10-6-5-9-23(27)28/h3-4,7-8,15,18H,5-6,9-14,16-17H2,1-2H3. The van der Waals surface area contributed by atoms with Gasteiger partial charge in [-0.05, 0) is 38.8 Å². The van der Waals surface area contributed by atoms with Crippen LogP contribution in [0, 0.1) is 0 Å². The van der Waals surface area contributed by atoms with Crippen LogP contribution in [0.5, 0.6) is 5.75 Å². The first-order valence-corrected chi connectivity index (χ1v) is 11.8. The minimum Gasteiger partial charge on any atom is -0.489 e. The Labute approximate surface area is 183 Å². The van der Waals surface area contributed by atoms with Gasteiger partial charge in [-0.15, -0.1) is 11.3 Å². The van der Waals surface area contributed by atoms with E-state index in [4.69, 9.17) is 4.74 Å². The predicted octanol–water partition coefficient (Wildman–Crippen LogP) is 3.77. The van der Waals surface area contributed by atoms with Crippen molar-refractivity contribution in [3.05, 3.63) is 40.3 Å². The van der Waals surface area contributed by atoms with Crippen LogP contribution in [0.15, 0.2) is 30.5 Å². The van der Waals surface area contributed by atoms with E-state index in [-0.39, 0.29) is 12.0 Å². The van der Waals surface area contributed by atoms with Crippen molar-refractivity contribution in [3.63, 3.8) is 0 Å². The number of rotatable bonds is 7. The Morgan fingerprint density at radius 3 is 2.63 bits per heavy atom. The molecule has 0 unspecified atom stereocenters. The fraction of sp³-hybridized carbons (Fsp3) is 0.565. The number of carbonyl (C=O) groups is 1. The molecule has 1 aromatic carbocycles. The molecule has 0 bridgehead atoms. The van der Waals surface area contributed by atoms with Crippen molar-refractivity contribution >= 4 is 22.9 Å². The largest absolute Gasteiger partial charge is 0.489 e. The van der Waals surface area contributed by atoms with Crippen LogP contribution in [0.1, 0.15) is 43.0 Å². The first-order chi connectivity index (χ1) is 14.6. The lowest BCUT2D eigenvalue weighted by Gasteiger charge is -2.36. The molecule has 2 aromatic rings. The number of nitrogens with zero attached hydrogens (tertiary/aromatic N) is 4. The van der Waals surface area contributed by atoms with Gasteiger partial charge in [0.05, 0.1) is 24.9 Å². The van der Waals surface area contributed by atoms with E-state index in [2.05, 4.69) is 46.8 Å². The average molecular weight is 429 g/mol. The fourth-order valence-electron chi connectivity index (χ4n) is 4.12. The second kappa shape index (κ2) is 9.79. The number of piperidine rings is 1. The highest BCUT2D eigenvalue weighted by atomic mass is 32.1. The highest BCUT2D eigenvalue weighted by molar-refractivity contribution is 7.11. The third kappa shape index (κ3) is 5.32. The average Bonchev–Trinajstić information content (AvgIpc) is 3.17. The molecule has 30 heavy (non-hydrogen) atoms. The van der Waals surface area contributed by atoms with Crippen LogP contribution in [0.4, 0.5) is 5.69 Å². The summed E-state index contributed by atoms with van der Waals surface area (Å²) in [6, 6.07) is 8.34. The second-order valence-electron chi connectivity index (χ2n) is 8.39. The Balaban J connectivity index is 1.29. The number of para-hydroxylation sites is 2. The van der Waals surface area contributed by atoms with Gasteiger partial charge in [-0.1, -0.05) is 12.1 Å². The van der Waals surface area contributed by atoms with E-state index in [9.17, 15) is 4.79 Å². The van der Waals surface area contributed by atoms with Gasteiger partial charge in [0.25, 0.3) is 0 Å². The number of carbonyl (C=O) groups excluding carboxylic acids is 1. The molecule has 3 heterocycles. The summed E-state index contributed by atoms with van der Waals surface area (Å²) in [5.74, 6) is 1.26. The molecule has 7 heteroatoms. The zero-order chi connectivity index (χ0) is 20.9. The van der Waals surface area contributed by atoms with Crippen molar-refractivity contribution in [2.45, 2.75) is 52.3 Å². The monoisotopic (exact) mass is 428 g/mol. The molecule has 0 aliphatic carbocycles. The van der Waals surface area contributed by atoms with E-state index < -0.39 is 0 Å². The van der Waals surface area contributed by atoms with Crippen molar-refractivity contribution < 1.29 is 9.53 Å². The summed E-state index contributed by atoms with van der Waals surface area (Å²) in [6.07, 6.45) is 4.97. The van der Waals surface area contributed by atoms with Gasteiger partial charge in [0, 0.05) is 50.2 Å². The highest BCUT2D eigenvalue weighted by Crippen LogP contribution is 2.30. The van der Waals surface area contributed by atoms with E-state index >= 15 is 0 Å². The molecular weight excluding hydrogens is 396 g/mol. The third-order valence-corrected chi connectivity index (χ3v) is 6.64. The number of hydrogen-bond acceptors (Lipinski definition) is 6. The van der Waals surface area contributed by atoms with Crippen molar-refractivity contribution in [1.29, 1.82) is 0 Å². The number of benzene rings is 1. The van der Waals surface area contributed by atoms with Gasteiger partial charge in [0.1, 0.15) is 10.8 Å². The summed E-state index contributed by atoms with van der Waals surface area (Å²) >= 11 is 1.75. The number of thiazole rings is 1. The molecule has 2 saturated heterocycles. The predicted molar refractivity (Wildman–Crippen MR) is 121 cm³/mol. The molecule has 1 aromatic heterocycles. The maximum atomic E-state index is 12.0. The SMILES string of the molecule is CC(C)Oc1ccccc1N1CCN(Cc2ncc(CN3CCCCC3=O)s2)CC1. The maximum absolute atomic E-state index is 12.0. The van der Waals surface area contributed by atoms with Gasteiger partial charge in [-0.3, -0.25) is 9.69 Å². The Morgan fingerprint density at radius 1 is 1.07 bits per heavy atom. The zero-order valence-corrected chi connectivity index (χ0v) is 18.9. The van der Waals surface area contributed by atoms with Crippen molar-refractivity contribution in [2.75, 3.05) is 37.6 Å². The van der Waals surface area contributed by atoms with Crippen LogP contribution in [-0.2, 0) is 17.9 Å². The molecule has 0 radical (unpaired) electrons. The molecule has 162 valence electrons. The molecule has 4 rings (SSSR count). The van der Waals surface area contributed by atoms with Crippen molar-refractivity contribution in [3.8, 4) is 5.75 Å². The van der Waals surface area contributed by atoms with Gasteiger partial charge < -0.3 is 14.5 Å². The summed E-state index contributed by atoms with van der Waals surface area (Å²) in [7, 11) is 0. The van der Waals surface area contributed by atoms with E-state index in [1.807, 2.05) is 17.2 Å². The van der Waals surface area contributed by atoms with Gasteiger partial charge in [-0.2, -0.15) is 0 Å². The molecule has 0 spiro atoms. The first kappa shape index (κ1) is 21.1. The van der Waals surface area contributed by atoms with E-state index in [0.29, 0.717) is 6.42 Å². The van der Waals surface area contributed by atoms with Crippen LogP contribution < -0.4 is 9.64 Å². The van der Waals surface area contributed by atoms with Gasteiger partial charge in [-0.25, -0.2) is 4.98 Å². The summed E-state index contributed by atoms with van der Waals surface area (Å²) < 4.78 is 6.00. The number of anilines is 1. The van der Waals surface area contributed by atoms with Crippen LogP contribution in [0.25, 0.3) is 0 Å². The molecule has 0 saturated carbocycles. The smallest absolute Gasteiger partial charge is 0.222 e. The van der Waals surface area contributed by atoms with E-state index in [0.717, 1.165) is 69.4 Å². The van der Waals surface area contributed by atoms with Crippen molar-refractivity contribution in [2.24, 2.45) is 0 Å². The lowest BCUT2D eigenvalue weighted by atomic mass is 10.1. The Hall–Kier alpha value is -2.12. The minimum atomic E-state index is 0.173. The number of likely N-dealkylation sites (tertiary alicyclic amines) is 1. The zero-order valence-electron chi connectivity index (χ0n) is 18.0. The highest BCUT2D eigenvalue weighted by Gasteiger charge is 2.22. The lowest BCUT2D eigenvalue weighted by molar-refractivity contribution is -0.133. The summed E-state index contributed by atoms with van der Waals surface area (Å²) in [6.45, 7) is 10.6. The molecule has 0 atom stereocenters. The number of piperazine rings is 1. The Kier molecular flexibility index (Phi) is 6.89. The van der Waals surface area contributed by atoms with E-state index in [1.54, 1.807) is 11.3 Å². The summed E-state index contributed by atoms with van der Waals surface area (Å²) in [5.41, 5.74) is 1.19. The normalized spacial score (nSPS) is 18.3. The van der Waals surface area contributed by atoms with Crippen molar-refractivity contribution in [1.82, 2.24) is 14.8 Å². The number of ether oxygens (including phenoxy) is 1. The molecule has 2 aliphatic heterocycles. The molecular formula is C23H32N4O2S. The molecule has 2 aliphatic rings. The molecule has 0 N–H and O–H groups in total. The van der Waals surface area contributed by atoms with Gasteiger partial charge in [0.15, 0.2) is 0 Å². The fourth-order valence-corrected chi connectivity index (χ4v) is 5.10. The van der Waals surface area contributed by atoms with Gasteiger partial charge >= 0.3 is 0 Å². The Morgan fingerprint density at radius 2 is 1.87 bits per heavy atom. The van der Waals surface area contributed by atoms with Crippen LogP contribution in [0.3, 0.4) is 0 Å². The van der Waals surface area contributed by atoms with Gasteiger partial charge in [0.2, 0.25) is 5.91 Å². The van der Waals surface area contributed by atoms with Crippen LogP contribution >= 0.6 is 11.3 Å². The number of amides is 1. The summed E-state index contributed by atoms with van der Waals surface area (Å²) in [5, 5.41) is 1.14. The second-order valence-corrected chi connectivity index (χ2v) is 9.59. The molecule has 1 amide bonds. The van der Waals surface area contributed by atoms with Crippen LogP contribution in [-0.4, -0.2) is 59.5 Å². The maximum Gasteiger partial charge on any atom is 0.222 e. The number of aromatic nitrogens is 1. The van der Waals surface area contributed by atoms with E-state index in [1.165, 1.54) is 10.6 Å². The minimum absolute atomic E-state index is 0.173. The Bertz CT molecular complexity index is 845. The summed E-state index contributed by atoms with van der Waals surface area (Å²) in [4.78, 5) is 24.7. The molecule has 6 nitrogen and oxygen atoms in total. The molecule has 2 fully saturated rings.